The van der Waals surface area contributed by atoms with Gasteiger partial charge in [-0.25, -0.2) is 0 Å². The molecule has 0 aliphatic heterocycles. The van der Waals surface area contributed by atoms with E-state index in [0.717, 1.165) is 12.0 Å². The number of carbonyl (C=O) groups is 1. The van der Waals surface area contributed by atoms with E-state index in [9.17, 15) is 4.79 Å². The first-order chi connectivity index (χ1) is 9.10. The molecule has 98 valence electrons. The van der Waals surface area contributed by atoms with Crippen molar-refractivity contribution in [1.29, 1.82) is 0 Å². The van der Waals surface area contributed by atoms with Gasteiger partial charge in [-0.3, -0.25) is 4.79 Å². The van der Waals surface area contributed by atoms with Crippen molar-refractivity contribution in [3.8, 4) is 11.5 Å². The maximum Gasteiger partial charge on any atom is 0.252 e. The summed E-state index contributed by atoms with van der Waals surface area (Å²) in [5, 5.41) is 0. The number of aryl methyl sites for hydroxylation is 1. The van der Waals surface area contributed by atoms with Gasteiger partial charge >= 0.3 is 0 Å². The lowest BCUT2D eigenvalue weighted by Gasteiger charge is -2.10. The second-order valence-corrected chi connectivity index (χ2v) is 4.22. The number of amides is 1. The molecule has 19 heavy (non-hydrogen) atoms. The Labute approximate surface area is 112 Å². The second kappa shape index (κ2) is 5.44. The number of primary amides is 1. The van der Waals surface area contributed by atoms with Crippen LogP contribution in [0.4, 0.5) is 5.69 Å². The first-order valence-electron chi connectivity index (χ1n) is 6.06. The quantitative estimate of drug-likeness (QED) is 0.825. The summed E-state index contributed by atoms with van der Waals surface area (Å²) in [6.07, 6.45) is 0.913. The molecule has 1 amide bonds. The lowest BCUT2D eigenvalue weighted by atomic mass is 10.1. The van der Waals surface area contributed by atoms with E-state index in [2.05, 4.69) is 6.92 Å². The molecule has 0 aliphatic carbocycles. The number of hydrogen-bond acceptors (Lipinski definition) is 3. The third-order valence-electron chi connectivity index (χ3n) is 2.81. The van der Waals surface area contributed by atoms with Crippen molar-refractivity contribution in [2.45, 2.75) is 13.3 Å². The molecule has 2 aromatic carbocycles. The van der Waals surface area contributed by atoms with Crippen LogP contribution < -0.4 is 16.2 Å². The minimum Gasteiger partial charge on any atom is -0.456 e. The number of ether oxygens (including phenoxy) is 1. The highest BCUT2D eigenvalue weighted by Gasteiger charge is 2.10. The molecular weight excluding hydrogens is 240 g/mol. The molecule has 0 saturated heterocycles. The van der Waals surface area contributed by atoms with Crippen molar-refractivity contribution in [1.82, 2.24) is 0 Å². The number of rotatable bonds is 4. The molecule has 0 atom stereocenters. The molecule has 0 fully saturated rings. The van der Waals surface area contributed by atoms with E-state index in [1.807, 2.05) is 24.3 Å². The summed E-state index contributed by atoms with van der Waals surface area (Å²) < 4.78 is 5.71. The van der Waals surface area contributed by atoms with Crippen molar-refractivity contribution >= 4 is 11.6 Å². The van der Waals surface area contributed by atoms with Crippen LogP contribution in [0.3, 0.4) is 0 Å². The van der Waals surface area contributed by atoms with Crippen LogP contribution in [0.5, 0.6) is 11.5 Å². The average molecular weight is 256 g/mol. The van der Waals surface area contributed by atoms with Gasteiger partial charge in [0.25, 0.3) is 5.91 Å². The average Bonchev–Trinajstić information content (AvgIpc) is 2.38. The van der Waals surface area contributed by atoms with E-state index >= 15 is 0 Å². The molecule has 4 N–H and O–H groups in total. The van der Waals surface area contributed by atoms with E-state index < -0.39 is 5.91 Å². The van der Waals surface area contributed by atoms with Crippen molar-refractivity contribution in [3.63, 3.8) is 0 Å². The molecule has 0 aliphatic rings. The van der Waals surface area contributed by atoms with Gasteiger partial charge in [-0.1, -0.05) is 19.1 Å². The van der Waals surface area contributed by atoms with Crippen LogP contribution in [-0.2, 0) is 6.42 Å². The predicted octanol–water partition coefficient (Wildman–Crippen LogP) is 2.72. The number of nitrogen functional groups attached to an aromatic ring is 1. The fourth-order valence-corrected chi connectivity index (χ4v) is 1.78. The SMILES string of the molecule is CCc1cccc(Oc2cc(N)ccc2C(N)=O)c1. The first kappa shape index (κ1) is 13.0. The van der Waals surface area contributed by atoms with E-state index in [1.54, 1.807) is 18.2 Å². The summed E-state index contributed by atoms with van der Waals surface area (Å²) in [5.74, 6) is 0.495. The Morgan fingerprint density at radius 2 is 2.00 bits per heavy atom. The number of benzene rings is 2. The van der Waals surface area contributed by atoms with Crippen LogP contribution in [0.15, 0.2) is 42.5 Å². The van der Waals surface area contributed by atoms with Gasteiger partial charge < -0.3 is 16.2 Å². The minimum atomic E-state index is -0.540. The second-order valence-electron chi connectivity index (χ2n) is 4.22. The third kappa shape index (κ3) is 3.04. The molecule has 0 heterocycles. The van der Waals surface area contributed by atoms with Crippen LogP contribution in [0.25, 0.3) is 0 Å². The van der Waals surface area contributed by atoms with Crippen molar-refractivity contribution in [2.24, 2.45) is 5.73 Å². The van der Waals surface area contributed by atoms with Gasteiger partial charge in [-0.15, -0.1) is 0 Å². The maximum absolute atomic E-state index is 11.3. The topological polar surface area (TPSA) is 78.3 Å². The Morgan fingerprint density at radius 3 is 2.68 bits per heavy atom. The van der Waals surface area contributed by atoms with E-state index in [1.165, 1.54) is 0 Å². The van der Waals surface area contributed by atoms with Gasteiger partial charge in [-0.05, 0) is 36.2 Å². The smallest absolute Gasteiger partial charge is 0.252 e. The summed E-state index contributed by atoms with van der Waals surface area (Å²) in [6.45, 7) is 2.06. The number of nitrogens with two attached hydrogens (primary N) is 2. The Bertz CT molecular complexity index is 609. The predicted molar refractivity (Wildman–Crippen MR) is 75.3 cm³/mol. The fraction of sp³-hybridized carbons (Fsp3) is 0.133. The highest BCUT2D eigenvalue weighted by atomic mass is 16.5. The standard InChI is InChI=1S/C15H16N2O2/c1-2-10-4-3-5-12(8-10)19-14-9-11(16)6-7-13(14)15(17)18/h3-9H,2,16H2,1H3,(H2,17,18). The van der Waals surface area contributed by atoms with Gasteiger partial charge in [0.2, 0.25) is 0 Å². The van der Waals surface area contributed by atoms with Crippen LogP contribution >= 0.6 is 0 Å². The van der Waals surface area contributed by atoms with Crippen LogP contribution in [0.1, 0.15) is 22.8 Å². The highest BCUT2D eigenvalue weighted by molar-refractivity contribution is 5.96. The Hall–Kier alpha value is -2.49. The molecule has 4 heteroatoms. The van der Waals surface area contributed by atoms with Gasteiger partial charge in [0, 0.05) is 11.8 Å². The van der Waals surface area contributed by atoms with Crippen LogP contribution in [0.2, 0.25) is 0 Å². The number of hydrogen-bond donors (Lipinski definition) is 2. The molecule has 0 saturated carbocycles. The third-order valence-corrected chi connectivity index (χ3v) is 2.81. The molecule has 2 aromatic rings. The normalized spacial score (nSPS) is 10.2. The zero-order chi connectivity index (χ0) is 13.8. The van der Waals surface area contributed by atoms with Gasteiger partial charge in [0.15, 0.2) is 0 Å². The van der Waals surface area contributed by atoms with Crippen LogP contribution in [0, 0.1) is 0 Å². The molecule has 2 rings (SSSR count). The lowest BCUT2D eigenvalue weighted by Crippen LogP contribution is -2.12. The summed E-state index contributed by atoms with van der Waals surface area (Å²) in [5.41, 5.74) is 13.0. The summed E-state index contributed by atoms with van der Waals surface area (Å²) in [4.78, 5) is 11.3. The van der Waals surface area contributed by atoms with Crippen molar-refractivity contribution < 1.29 is 9.53 Å². The van der Waals surface area contributed by atoms with Crippen molar-refractivity contribution in [3.05, 3.63) is 53.6 Å². The molecule has 4 nitrogen and oxygen atoms in total. The largest absolute Gasteiger partial charge is 0.456 e. The van der Waals surface area contributed by atoms with E-state index in [-0.39, 0.29) is 0 Å². The molecule has 0 unspecified atom stereocenters. The molecule has 0 spiro atoms. The number of anilines is 1. The number of carbonyl (C=O) groups excluding carboxylic acids is 1. The minimum absolute atomic E-state index is 0.316. The first-order valence-corrected chi connectivity index (χ1v) is 6.06. The Balaban J connectivity index is 2.36. The Kier molecular flexibility index (Phi) is 3.71. The maximum atomic E-state index is 11.3. The Morgan fingerprint density at radius 1 is 1.21 bits per heavy atom. The summed E-state index contributed by atoms with van der Waals surface area (Å²) in [7, 11) is 0. The molecular formula is C15H16N2O2. The van der Waals surface area contributed by atoms with E-state index in [0.29, 0.717) is 22.7 Å². The fourth-order valence-electron chi connectivity index (χ4n) is 1.78. The van der Waals surface area contributed by atoms with Gasteiger partial charge in [0.1, 0.15) is 11.5 Å². The lowest BCUT2D eigenvalue weighted by molar-refractivity contribution is 0.0998. The van der Waals surface area contributed by atoms with Crippen LogP contribution in [-0.4, -0.2) is 5.91 Å². The summed E-state index contributed by atoms with van der Waals surface area (Å²) in [6, 6.07) is 12.5. The zero-order valence-electron chi connectivity index (χ0n) is 10.7. The van der Waals surface area contributed by atoms with Gasteiger partial charge in [-0.2, -0.15) is 0 Å². The zero-order valence-corrected chi connectivity index (χ0v) is 10.7. The monoisotopic (exact) mass is 256 g/mol. The van der Waals surface area contributed by atoms with E-state index in [4.69, 9.17) is 16.2 Å². The molecule has 0 radical (unpaired) electrons. The van der Waals surface area contributed by atoms with Crippen molar-refractivity contribution in [2.75, 3.05) is 5.73 Å². The van der Waals surface area contributed by atoms with Gasteiger partial charge in [0.05, 0.1) is 5.56 Å². The molecule has 0 aromatic heterocycles. The summed E-state index contributed by atoms with van der Waals surface area (Å²) >= 11 is 0. The molecule has 0 bridgehead atoms. The highest BCUT2D eigenvalue weighted by Crippen LogP contribution is 2.28.